The molecule has 1 unspecified atom stereocenters. The van der Waals surface area contributed by atoms with Gasteiger partial charge in [-0.15, -0.1) is 0 Å². The maximum Gasteiger partial charge on any atom is 0.0616 e. The third-order valence-electron chi connectivity index (χ3n) is 1.59. The number of nitrogens with one attached hydrogen (secondary N) is 1. The van der Waals surface area contributed by atoms with Gasteiger partial charge in [0, 0.05) is 6.04 Å². The molecule has 0 aromatic heterocycles. The summed E-state index contributed by atoms with van der Waals surface area (Å²) in [7, 11) is 0. The molecule has 0 aromatic rings. The summed E-state index contributed by atoms with van der Waals surface area (Å²) < 4.78 is 0. The van der Waals surface area contributed by atoms with Crippen LogP contribution in [0.25, 0.3) is 0 Å². The Labute approximate surface area is 69.2 Å². The van der Waals surface area contributed by atoms with E-state index >= 15 is 0 Å². The molecule has 0 rings (SSSR count). The maximum atomic E-state index is 4.67. The van der Waals surface area contributed by atoms with E-state index in [1.54, 1.807) is 5.49 Å². The first kappa shape index (κ1) is 9.89. The summed E-state index contributed by atoms with van der Waals surface area (Å²) in [6.07, 6.45) is 5.18. The number of hydrogen-bond acceptors (Lipinski definition) is 1. The predicted molar refractivity (Wildman–Crippen MR) is 50.4 cm³/mol. The Balaban J connectivity index is 3.04. The summed E-state index contributed by atoms with van der Waals surface area (Å²) >= 11 is 4.67. The van der Waals surface area contributed by atoms with E-state index in [4.69, 9.17) is 0 Å². The van der Waals surface area contributed by atoms with Crippen molar-refractivity contribution in [2.45, 2.75) is 45.6 Å². The zero-order chi connectivity index (χ0) is 7.82. The monoisotopic (exact) mass is 159 g/mol. The summed E-state index contributed by atoms with van der Waals surface area (Å²) in [4.78, 5) is 0. The van der Waals surface area contributed by atoms with Crippen LogP contribution in [0.15, 0.2) is 0 Å². The second-order valence-electron chi connectivity index (χ2n) is 2.68. The summed E-state index contributed by atoms with van der Waals surface area (Å²) in [6.45, 7) is 4.38. The summed E-state index contributed by atoms with van der Waals surface area (Å²) in [5.74, 6) is 0. The standard InChI is InChI=1S/C8H17NS/c1-3-4-5-6-8(2)9-7-10/h7-8H,3-6H2,1-2H3,(H,9,10). The lowest BCUT2D eigenvalue weighted by Gasteiger charge is -2.09. The topological polar surface area (TPSA) is 12.0 Å². The van der Waals surface area contributed by atoms with E-state index in [2.05, 4.69) is 31.4 Å². The van der Waals surface area contributed by atoms with Crippen LogP contribution in [0.2, 0.25) is 0 Å². The molecule has 0 saturated heterocycles. The average Bonchev–Trinajstić information content (AvgIpc) is 1.89. The lowest BCUT2D eigenvalue weighted by atomic mass is 10.1. The van der Waals surface area contributed by atoms with Crippen molar-refractivity contribution in [3.63, 3.8) is 0 Å². The summed E-state index contributed by atoms with van der Waals surface area (Å²) in [5.41, 5.74) is 1.61. The molecular formula is C8H17NS. The molecule has 0 spiro atoms. The van der Waals surface area contributed by atoms with Crippen LogP contribution < -0.4 is 5.32 Å². The lowest BCUT2D eigenvalue weighted by molar-refractivity contribution is 0.560. The van der Waals surface area contributed by atoms with Crippen LogP contribution in [-0.2, 0) is 0 Å². The molecule has 0 saturated carbocycles. The minimum Gasteiger partial charge on any atom is -0.380 e. The first-order valence-corrected chi connectivity index (χ1v) is 4.48. The predicted octanol–water partition coefficient (Wildman–Crippen LogP) is 2.50. The van der Waals surface area contributed by atoms with Gasteiger partial charge in [0.2, 0.25) is 0 Å². The van der Waals surface area contributed by atoms with E-state index in [9.17, 15) is 0 Å². The molecular weight excluding hydrogens is 142 g/mol. The molecule has 1 nitrogen and oxygen atoms in total. The third kappa shape index (κ3) is 6.02. The zero-order valence-electron chi connectivity index (χ0n) is 6.89. The van der Waals surface area contributed by atoms with Gasteiger partial charge in [-0.05, 0) is 13.3 Å². The van der Waals surface area contributed by atoms with Gasteiger partial charge in [-0.1, -0.05) is 38.4 Å². The van der Waals surface area contributed by atoms with Crippen LogP contribution in [0.1, 0.15) is 39.5 Å². The molecule has 0 aliphatic heterocycles. The molecule has 0 heterocycles. The van der Waals surface area contributed by atoms with Gasteiger partial charge in [0.15, 0.2) is 0 Å². The Morgan fingerprint density at radius 1 is 1.50 bits per heavy atom. The van der Waals surface area contributed by atoms with E-state index in [0.29, 0.717) is 6.04 Å². The highest BCUT2D eigenvalue weighted by Gasteiger charge is 1.95. The molecule has 0 aliphatic carbocycles. The molecule has 0 amide bonds. The second kappa shape index (κ2) is 7.00. The molecule has 60 valence electrons. The molecule has 1 atom stereocenters. The zero-order valence-corrected chi connectivity index (χ0v) is 7.71. The summed E-state index contributed by atoms with van der Waals surface area (Å²) in [6, 6.07) is 0.559. The summed E-state index contributed by atoms with van der Waals surface area (Å²) in [5, 5.41) is 3.09. The van der Waals surface area contributed by atoms with Crippen molar-refractivity contribution in [3.05, 3.63) is 0 Å². The van der Waals surface area contributed by atoms with Crippen LogP contribution in [-0.4, -0.2) is 11.5 Å². The van der Waals surface area contributed by atoms with Gasteiger partial charge in [0.05, 0.1) is 5.49 Å². The highest BCUT2D eigenvalue weighted by atomic mass is 32.1. The largest absolute Gasteiger partial charge is 0.380 e. The lowest BCUT2D eigenvalue weighted by Crippen LogP contribution is -2.22. The van der Waals surface area contributed by atoms with Crippen LogP contribution in [0.5, 0.6) is 0 Å². The number of unbranched alkanes of at least 4 members (excludes halogenated alkanes) is 2. The average molecular weight is 159 g/mol. The number of hydrogen-bond donors (Lipinski definition) is 1. The molecule has 10 heavy (non-hydrogen) atoms. The number of rotatable bonds is 6. The fourth-order valence-electron chi connectivity index (χ4n) is 0.900. The van der Waals surface area contributed by atoms with Crippen molar-refractivity contribution in [3.8, 4) is 0 Å². The molecule has 0 aromatic carbocycles. The second-order valence-corrected chi connectivity index (χ2v) is 2.92. The van der Waals surface area contributed by atoms with Gasteiger partial charge >= 0.3 is 0 Å². The minimum absolute atomic E-state index is 0.559. The van der Waals surface area contributed by atoms with Gasteiger partial charge in [-0.2, -0.15) is 0 Å². The van der Waals surface area contributed by atoms with Crippen molar-refractivity contribution in [2.75, 3.05) is 0 Å². The van der Waals surface area contributed by atoms with E-state index in [0.717, 1.165) is 0 Å². The molecule has 0 bridgehead atoms. The van der Waals surface area contributed by atoms with E-state index in [-0.39, 0.29) is 0 Å². The molecule has 0 fully saturated rings. The highest BCUT2D eigenvalue weighted by molar-refractivity contribution is 7.78. The van der Waals surface area contributed by atoms with Crippen molar-refractivity contribution in [1.82, 2.24) is 5.32 Å². The van der Waals surface area contributed by atoms with E-state index in [1.807, 2.05) is 0 Å². The molecule has 0 aliphatic rings. The molecule has 2 heteroatoms. The number of thiocarbonyl (C=S) groups is 1. The van der Waals surface area contributed by atoms with Crippen molar-refractivity contribution in [2.24, 2.45) is 0 Å². The van der Waals surface area contributed by atoms with Crippen LogP contribution in [0.4, 0.5) is 0 Å². The van der Waals surface area contributed by atoms with Crippen molar-refractivity contribution >= 4 is 17.7 Å². The Hall–Kier alpha value is -0.110. The quantitative estimate of drug-likeness (QED) is 0.472. The van der Waals surface area contributed by atoms with E-state index < -0.39 is 0 Å². The Bertz CT molecular complexity index is 83.3. The molecule has 0 radical (unpaired) electrons. The van der Waals surface area contributed by atoms with Crippen LogP contribution in [0, 0.1) is 0 Å². The van der Waals surface area contributed by atoms with Gasteiger partial charge < -0.3 is 5.32 Å². The van der Waals surface area contributed by atoms with Crippen LogP contribution >= 0.6 is 12.2 Å². The first-order valence-electron chi connectivity index (χ1n) is 4.01. The first-order chi connectivity index (χ1) is 4.81. The van der Waals surface area contributed by atoms with Gasteiger partial charge in [-0.25, -0.2) is 0 Å². The van der Waals surface area contributed by atoms with Crippen molar-refractivity contribution < 1.29 is 0 Å². The maximum absolute atomic E-state index is 4.67. The van der Waals surface area contributed by atoms with Crippen molar-refractivity contribution in [1.29, 1.82) is 0 Å². The highest BCUT2D eigenvalue weighted by Crippen LogP contribution is 2.01. The van der Waals surface area contributed by atoms with Crippen LogP contribution in [0.3, 0.4) is 0 Å². The Morgan fingerprint density at radius 3 is 2.70 bits per heavy atom. The minimum atomic E-state index is 0.559. The molecule has 1 N–H and O–H groups in total. The Kier molecular flexibility index (Phi) is 6.93. The SMILES string of the molecule is CCCCCC(C)NC=S. The third-order valence-corrected chi connectivity index (χ3v) is 1.73. The van der Waals surface area contributed by atoms with Gasteiger partial charge in [0.1, 0.15) is 0 Å². The van der Waals surface area contributed by atoms with E-state index in [1.165, 1.54) is 25.7 Å². The smallest absolute Gasteiger partial charge is 0.0616 e. The van der Waals surface area contributed by atoms with Gasteiger partial charge in [-0.3, -0.25) is 0 Å². The fourth-order valence-corrected chi connectivity index (χ4v) is 1.13. The van der Waals surface area contributed by atoms with Gasteiger partial charge in [0.25, 0.3) is 0 Å². The fraction of sp³-hybridized carbons (Fsp3) is 0.875. The Morgan fingerprint density at radius 2 is 2.20 bits per heavy atom. The normalized spacial score (nSPS) is 12.6.